The number of methoxy groups -OCH3 is 1. The first kappa shape index (κ1) is 19.8. The molecule has 0 radical (unpaired) electrons. The molecule has 2 aromatic rings. The second-order valence-electron chi connectivity index (χ2n) is 7.13. The van der Waals surface area contributed by atoms with Crippen molar-refractivity contribution < 1.29 is 14.3 Å². The number of nitrogens with one attached hydrogen (secondary N) is 1. The molecule has 0 aromatic heterocycles. The van der Waals surface area contributed by atoms with Crippen LogP contribution in [0.2, 0.25) is 0 Å². The molecule has 2 unspecified atom stereocenters. The first-order valence-electron chi connectivity index (χ1n) is 9.55. The van der Waals surface area contributed by atoms with E-state index in [9.17, 15) is 9.59 Å². The summed E-state index contributed by atoms with van der Waals surface area (Å²) in [6, 6.07) is 16.2. The summed E-state index contributed by atoms with van der Waals surface area (Å²) in [5.41, 5.74) is 10.0. The number of anilines is 1. The van der Waals surface area contributed by atoms with Crippen LogP contribution in [0.25, 0.3) is 6.08 Å². The van der Waals surface area contributed by atoms with Crippen molar-refractivity contribution in [3.8, 4) is 0 Å². The summed E-state index contributed by atoms with van der Waals surface area (Å²) in [4.78, 5) is 23.2. The maximum absolute atomic E-state index is 12.1. The van der Waals surface area contributed by atoms with Gasteiger partial charge in [-0.1, -0.05) is 36.4 Å². The van der Waals surface area contributed by atoms with E-state index in [0.29, 0.717) is 18.4 Å². The maximum atomic E-state index is 12.1. The number of ether oxygens (including phenoxy) is 1. The standard InChI is InChI=1S/C23H26N2O3/c1-28-23(27)14-9-17-7-5-16(6-8-17)3-2-4-22(26)25-19-12-10-18(11-13-19)20-15-21(20)24/h5-14,20-21H,2-4,15,24H2,1H3,(H,25,26)/b14-9+. The Morgan fingerprint density at radius 1 is 1.14 bits per heavy atom. The molecule has 0 heterocycles. The summed E-state index contributed by atoms with van der Waals surface area (Å²) < 4.78 is 4.57. The normalized spacial score (nSPS) is 18.1. The van der Waals surface area contributed by atoms with Crippen molar-refractivity contribution in [2.75, 3.05) is 12.4 Å². The molecule has 3 rings (SSSR count). The molecule has 1 saturated carbocycles. The molecule has 1 aliphatic carbocycles. The molecule has 28 heavy (non-hydrogen) atoms. The molecule has 0 aliphatic heterocycles. The zero-order chi connectivity index (χ0) is 19.9. The van der Waals surface area contributed by atoms with Crippen LogP contribution in [0.15, 0.2) is 54.6 Å². The highest BCUT2D eigenvalue weighted by atomic mass is 16.5. The number of nitrogens with two attached hydrogens (primary N) is 1. The lowest BCUT2D eigenvalue weighted by atomic mass is 10.1. The van der Waals surface area contributed by atoms with Gasteiger partial charge in [0.15, 0.2) is 0 Å². The molecule has 2 aromatic carbocycles. The van der Waals surface area contributed by atoms with Gasteiger partial charge in [0.2, 0.25) is 5.91 Å². The number of carbonyl (C=O) groups is 2. The van der Waals surface area contributed by atoms with Crippen molar-refractivity contribution in [2.45, 2.75) is 37.6 Å². The van der Waals surface area contributed by atoms with Crippen LogP contribution in [0.5, 0.6) is 0 Å². The van der Waals surface area contributed by atoms with Gasteiger partial charge < -0.3 is 15.8 Å². The minimum Gasteiger partial charge on any atom is -0.466 e. The van der Waals surface area contributed by atoms with Crippen molar-refractivity contribution in [3.63, 3.8) is 0 Å². The third kappa shape index (κ3) is 5.79. The largest absolute Gasteiger partial charge is 0.466 e. The number of esters is 1. The Balaban J connectivity index is 1.40. The Hall–Kier alpha value is -2.92. The minimum absolute atomic E-state index is 0.0218. The number of amides is 1. The van der Waals surface area contributed by atoms with Gasteiger partial charge in [-0.05, 0) is 54.2 Å². The van der Waals surface area contributed by atoms with Crippen LogP contribution in [0.3, 0.4) is 0 Å². The number of benzene rings is 2. The Morgan fingerprint density at radius 3 is 2.43 bits per heavy atom. The highest BCUT2D eigenvalue weighted by Gasteiger charge is 2.34. The first-order chi connectivity index (χ1) is 13.5. The Labute approximate surface area is 165 Å². The quantitative estimate of drug-likeness (QED) is 0.543. The van der Waals surface area contributed by atoms with Gasteiger partial charge >= 0.3 is 5.97 Å². The van der Waals surface area contributed by atoms with Crippen LogP contribution in [-0.2, 0) is 20.7 Å². The zero-order valence-corrected chi connectivity index (χ0v) is 16.1. The molecule has 1 fully saturated rings. The Morgan fingerprint density at radius 2 is 1.82 bits per heavy atom. The lowest BCUT2D eigenvalue weighted by molar-refractivity contribution is -0.134. The smallest absolute Gasteiger partial charge is 0.330 e. The molecule has 0 saturated heterocycles. The molecular formula is C23H26N2O3. The Kier molecular flexibility index (Phi) is 6.61. The van der Waals surface area contributed by atoms with E-state index in [-0.39, 0.29) is 11.9 Å². The summed E-state index contributed by atoms with van der Waals surface area (Å²) in [6.07, 6.45) is 6.23. The van der Waals surface area contributed by atoms with Gasteiger partial charge in [0.25, 0.3) is 0 Å². The molecule has 3 N–H and O–H groups in total. The van der Waals surface area contributed by atoms with Crippen molar-refractivity contribution in [3.05, 3.63) is 71.3 Å². The average Bonchev–Trinajstić information content (AvgIpc) is 3.44. The number of hydrogen-bond acceptors (Lipinski definition) is 4. The van der Waals surface area contributed by atoms with E-state index in [1.54, 1.807) is 6.08 Å². The van der Waals surface area contributed by atoms with Crippen LogP contribution in [-0.4, -0.2) is 25.0 Å². The fraction of sp³-hybridized carbons (Fsp3) is 0.304. The molecule has 0 bridgehead atoms. The lowest BCUT2D eigenvalue weighted by Gasteiger charge is -2.07. The molecule has 5 heteroatoms. The van der Waals surface area contributed by atoms with E-state index >= 15 is 0 Å². The van der Waals surface area contributed by atoms with Crippen LogP contribution >= 0.6 is 0 Å². The fourth-order valence-electron chi connectivity index (χ4n) is 3.12. The second-order valence-corrected chi connectivity index (χ2v) is 7.13. The van der Waals surface area contributed by atoms with Crippen molar-refractivity contribution in [2.24, 2.45) is 5.73 Å². The molecule has 5 nitrogen and oxygen atoms in total. The van der Waals surface area contributed by atoms with Crippen molar-refractivity contribution in [1.29, 1.82) is 0 Å². The first-order valence-corrected chi connectivity index (χ1v) is 9.55. The summed E-state index contributed by atoms with van der Waals surface area (Å²) in [6.45, 7) is 0. The number of aryl methyl sites for hydroxylation is 1. The highest BCUT2D eigenvalue weighted by molar-refractivity contribution is 5.90. The topological polar surface area (TPSA) is 81.4 Å². The summed E-state index contributed by atoms with van der Waals surface area (Å²) in [5.74, 6) is 0.126. The fourth-order valence-corrected chi connectivity index (χ4v) is 3.12. The lowest BCUT2D eigenvalue weighted by Crippen LogP contribution is -2.11. The maximum Gasteiger partial charge on any atom is 0.330 e. The molecule has 146 valence electrons. The molecule has 1 amide bonds. The van der Waals surface area contributed by atoms with Crippen LogP contribution < -0.4 is 11.1 Å². The minimum atomic E-state index is -0.374. The number of rotatable bonds is 8. The monoisotopic (exact) mass is 378 g/mol. The van der Waals surface area contributed by atoms with Crippen LogP contribution in [0.4, 0.5) is 5.69 Å². The van der Waals surface area contributed by atoms with Gasteiger partial charge in [0.1, 0.15) is 0 Å². The van der Waals surface area contributed by atoms with Crippen LogP contribution in [0, 0.1) is 0 Å². The summed E-state index contributed by atoms with van der Waals surface area (Å²) in [7, 11) is 1.35. The molecular weight excluding hydrogens is 352 g/mol. The van der Waals surface area contributed by atoms with Crippen molar-refractivity contribution in [1.82, 2.24) is 0 Å². The molecule has 1 aliphatic rings. The SMILES string of the molecule is COC(=O)/C=C/c1ccc(CCCC(=O)Nc2ccc(C3CC3N)cc2)cc1. The van der Waals surface area contributed by atoms with Gasteiger partial charge in [0, 0.05) is 30.1 Å². The predicted octanol–water partition coefficient (Wildman–Crippen LogP) is 3.65. The summed E-state index contributed by atoms with van der Waals surface area (Å²) >= 11 is 0. The molecule has 2 atom stereocenters. The van der Waals surface area contributed by atoms with E-state index < -0.39 is 0 Å². The van der Waals surface area contributed by atoms with E-state index in [0.717, 1.165) is 36.1 Å². The third-order valence-corrected chi connectivity index (χ3v) is 4.92. The van der Waals surface area contributed by atoms with E-state index in [4.69, 9.17) is 5.73 Å². The van der Waals surface area contributed by atoms with E-state index in [1.165, 1.54) is 18.7 Å². The van der Waals surface area contributed by atoms with Gasteiger partial charge in [-0.2, -0.15) is 0 Å². The number of hydrogen-bond donors (Lipinski definition) is 2. The van der Waals surface area contributed by atoms with E-state index in [2.05, 4.69) is 10.1 Å². The number of carbonyl (C=O) groups excluding carboxylic acids is 2. The zero-order valence-electron chi connectivity index (χ0n) is 16.1. The Bertz CT molecular complexity index is 841. The van der Waals surface area contributed by atoms with Gasteiger partial charge in [-0.25, -0.2) is 4.79 Å². The predicted molar refractivity (Wildman–Crippen MR) is 111 cm³/mol. The van der Waals surface area contributed by atoms with Crippen molar-refractivity contribution >= 4 is 23.6 Å². The molecule has 0 spiro atoms. The second kappa shape index (κ2) is 9.33. The van der Waals surface area contributed by atoms with Gasteiger partial charge in [-0.15, -0.1) is 0 Å². The third-order valence-electron chi connectivity index (χ3n) is 4.92. The van der Waals surface area contributed by atoms with Gasteiger partial charge in [0.05, 0.1) is 7.11 Å². The average molecular weight is 378 g/mol. The van der Waals surface area contributed by atoms with Crippen LogP contribution in [0.1, 0.15) is 41.9 Å². The highest BCUT2D eigenvalue weighted by Crippen LogP contribution is 2.39. The van der Waals surface area contributed by atoms with Gasteiger partial charge in [-0.3, -0.25) is 4.79 Å². The van der Waals surface area contributed by atoms with E-state index in [1.807, 2.05) is 48.5 Å². The summed E-state index contributed by atoms with van der Waals surface area (Å²) in [5, 5.41) is 2.94.